The Kier molecular flexibility index (Phi) is 3.46. The van der Waals surface area contributed by atoms with Crippen LogP contribution in [0.1, 0.15) is 24.2 Å². The number of aromatic nitrogens is 3. The third kappa shape index (κ3) is 3.32. The van der Waals surface area contributed by atoms with Gasteiger partial charge in [0.2, 0.25) is 0 Å². The molecule has 0 spiro atoms. The second-order valence-electron chi connectivity index (χ2n) is 4.95. The van der Waals surface area contributed by atoms with Gasteiger partial charge < -0.3 is 14.6 Å². The van der Waals surface area contributed by atoms with Gasteiger partial charge in [0, 0.05) is 19.6 Å². The minimum atomic E-state index is 0.440. The highest BCUT2D eigenvalue weighted by atomic mass is 16.5. The van der Waals surface area contributed by atoms with Crippen LogP contribution in [0.25, 0.3) is 0 Å². The van der Waals surface area contributed by atoms with Crippen LogP contribution in [0.5, 0.6) is 5.75 Å². The number of hydrogen-bond acceptors (Lipinski definition) is 4. The number of nitrogens with one attached hydrogen (secondary N) is 1. The van der Waals surface area contributed by atoms with Crippen molar-refractivity contribution in [1.82, 2.24) is 20.1 Å². The second kappa shape index (κ2) is 5.40. The lowest BCUT2D eigenvalue weighted by molar-refractivity contribution is 0.291. The molecule has 1 aliphatic rings. The van der Waals surface area contributed by atoms with Crippen molar-refractivity contribution in [1.29, 1.82) is 0 Å². The molecule has 0 unspecified atom stereocenters. The summed E-state index contributed by atoms with van der Waals surface area (Å²) >= 11 is 0. The normalized spacial score (nSPS) is 14.6. The van der Waals surface area contributed by atoms with Crippen LogP contribution in [0.2, 0.25) is 0 Å². The summed E-state index contributed by atoms with van der Waals surface area (Å²) in [7, 11) is 1.91. The number of aryl methyl sites for hydroxylation is 1. The highest BCUT2D eigenvalue weighted by Crippen LogP contribution is 2.20. The quantitative estimate of drug-likeness (QED) is 0.856. The Morgan fingerprint density at radius 2 is 2.32 bits per heavy atom. The number of rotatable bonds is 6. The average molecular weight is 258 g/mol. The van der Waals surface area contributed by atoms with Gasteiger partial charge in [-0.2, -0.15) is 0 Å². The van der Waals surface area contributed by atoms with Gasteiger partial charge in [-0.3, -0.25) is 0 Å². The van der Waals surface area contributed by atoms with E-state index >= 15 is 0 Å². The first-order valence-corrected chi connectivity index (χ1v) is 6.59. The van der Waals surface area contributed by atoms with Crippen molar-refractivity contribution in [2.45, 2.75) is 32.0 Å². The largest absolute Gasteiger partial charge is 0.486 e. The van der Waals surface area contributed by atoms with Crippen LogP contribution in [-0.2, 0) is 20.2 Å². The van der Waals surface area contributed by atoms with E-state index in [2.05, 4.69) is 27.6 Å². The van der Waals surface area contributed by atoms with E-state index in [1.54, 1.807) is 6.33 Å². The standard InChI is InChI=1S/C14H18N4O/c1-18-10-16-17-14(18)9-19-13-4-2-3-11(7-13)8-15-12-5-6-12/h2-4,7,10,12,15H,5-6,8-9H2,1H3. The van der Waals surface area contributed by atoms with Gasteiger partial charge in [-0.1, -0.05) is 12.1 Å². The van der Waals surface area contributed by atoms with Gasteiger partial charge in [-0.15, -0.1) is 10.2 Å². The minimum Gasteiger partial charge on any atom is -0.486 e. The molecule has 0 saturated heterocycles. The van der Waals surface area contributed by atoms with Gasteiger partial charge in [-0.25, -0.2) is 0 Å². The Labute approximate surface area is 112 Å². The molecule has 1 heterocycles. The zero-order valence-electron chi connectivity index (χ0n) is 11.0. The highest BCUT2D eigenvalue weighted by molar-refractivity contribution is 5.28. The Balaban J connectivity index is 1.57. The third-order valence-electron chi connectivity index (χ3n) is 3.24. The van der Waals surface area contributed by atoms with Crippen LogP contribution in [0.4, 0.5) is 0 Å². The van der Waals surface area contributed by atoms with Gasteiger partial charge in [0.15, 0.2) is 5.82 Å². The molecule has 100 valence electrons. The predicted octanol–water partition coefficient (Wildman–Crippen LogP) is 1.65. The molecule has 1 fully saturated rings. The first-order chi connectivity index (χ1) is 9.31. The Morgan fingerprint density at radius 1 is 1.42 bits per heavy atom. The van der Waals surface area contributed by atoms with E-state index in [1.807, 2.05) is 23.7 Å². The lowest BCUT2D eigenvalue weighted by atomic mass is 10.2. The molecule has 1 N–H and O–H groups in total. The summed E-state index contributed by atoms with van der Waals surface area (Å²) in [5.41, 5.74) is 1.25. The molecular formula is C14H18N4O. The minimum absolute atomic E-state index is 0.440. The molecule has 0 radical (unpaired) electrons. The van der Waals surface area contributed by atoms with Gasteiger partial charge in [0.05, 0.1) is 0 Å². The van der Waals surface area contributed by atoms with Crippen molar-refractivity contribution in [3.05, 3.63) is 42.0 Å². The molecular weight excluding hydrogens is 240 g/mol. The van der Waals surface area contributed by atoms with E-state index in [9.17, 15) is 0 Å². The summed E-state index contributed by atoms with van der Waals surface area (Å²) in [6, 6.07) is 8.91. The lowest BCUT2D eigenvalue weighted by Gasteiger charge is -2.08. The zero-order valence-corrected chi connectivity index (χ0v) is 11.0. The van der Waals surface area contributed by atoms with Crippen molar-refractivity contribution in [3.63, 3.8) is 0 Å². The average Bonchev–Trinajstić information content (AvgIpc) is 3.17. The van der Waals surface area contributed by atoms with E-state index in [0.29, 0.717) is 6.61 Å². The number of ether oxygens (including phenoxy) is 1. The molecule has 1 aliphatic carbocycles. The maximum atomic E-state index is 5.74. The molecule has 3 rings (SSSR count). The SMILES string of the molecule is Cn1cnnc1COc1cccc(CNC2CC2)c1. The highest BCUT2D eigenvalue weighted by Gasteiger charge is 2.19. The van der Waals surface area contributed by atoms with Crippen LogP contribution >= 0.6 is 0 Å². The molecule has 5 heteroatoms. The summed E-state index contributed by atoms with van der Waals surface area (Å²) in [6.07, 6.45) is 4.29. The summed E-state index contributed by atoms with van der Waals surface area (Å²) in [5, 5.41) is 11.3. The third-order valence-corrected chi connectivity index (χ3v) is 3.24. The molecule has 0 aliphatic heterocycles. The number of benzene rings is 1. The summed E-state index contributed by atoms with van der Waals surface area (Å²) in [4.78, 5) is 0. The number of hydrogen-bond donors (Lipinski definition) is 1. The van der Waals surface area contributed by atoms with E-state index in [-0.39, 0.29) is 0 Å². The molecule has 19 heavy (non-hydrogen) atoms. The number of nitrogens with zero attached hydrogens (tertiary/aromatic N) is 3. The topological polar surface area (TPSA) is 52.0 Å². The van der Waals surface area contributed by atoms with Crippen LogP contribution in [0, 0.1) is 0 Å². The molecule has 2 aromatic rings. The van der Waals surface area contributed by atoms with Crippen LogP contribution < -0.4 is 10.1 Å². The van der Waals surface area contributed by atoms with Gasteiger partial charge in [-0.05, 0) is 30.5 Å². The van der Waals surface area contributed by atoms with E-state index in [0.717, 1.165) is 24.2 Å². The molecule has 0 amide bonds. The van der Waals surface area contributed by atoms with Crippen molar-refractivity contribution in [2.75, 3.05) is 0 Å². The first kappa shape index (κ1) is 12.2. The summed E-state index contributed by atoms with van der Waals surface area (Å²) in [6.45, 7) is 1.35. The Bertz CT molecular complexity index is 548. The van der Waals surface area contributed by atoms with Crippen molar-refractivity contribution in [3.8, 4) is 5.75 Å². The summed E-state index contributed by atoms with van der Waals surface area (Å²) < 4.78 is 7.60. The fraction of sp³-hybridized carbons (Fsp3) is 0.429. The van der Waals surface area contributed by atoms with Crippen molar-refractivity contribution < 1.29 is 4.74 Å². The van der Waals surface area contributed by atoms with Crippen LogP contribution in [0.3, 0.4) is 0 Å². The maximum Gasteiger partial charge on any atom is 0.170 e. The Morgan fingerprint density at radius 3 is 3.05 bits per heavy atom. The molecule has 1 aromatic carbocycles. The van der Waals surface area contributed by atoms with Crippen molar-refractivity contribution in [2.24, 2.45) is 7.05 Å². The fourth-order valence-electron chi connectivity index (χ4n) is 1.88. The van der Waals surface area contributed by atoms with Gasteiger partial charge in [0.25, 0.3) is 0 Å². The van der Waals surface area contributed by atoms with Crippen molar-refractivity contribution >= 4 is 0 Å². The first-order valence-electron chi connectivity index (χ1n) is 6.59. The van der Waals surface area contributed by atoms with Crippen LogP contribution in [0.15, 0.2) is 30.6 Å². The molecule has 0 atom stereocenters. The van der Waals surface area contributed by atoms with Gasteiger partial charge in [0.1, 0.15) is 18.7 Å². The lowest BCUT2D eigenvalue weighted by Crippen LogP contribution is -2.15. The van der Waals surface area contributed by atoms with Gasteiger partial charge >= 0.3 is 0 Å². The second-order valence-corrected chi connectivity index (χ2v) is 4.95. The molecule has 1 aromatic heterocycles. The fourth-order valence-corrected chi connectivity index (χ4v) is 1.88. The van der Waals surface area contributed by atoms with E-state index in [4.69, 9.17) is 4.74 Å². The molecule has 0 bridgehead atoms. The smallest absolute Gasteiger partial charge is 0.170 e. The molecule has 5 nitrogen and oxygen atoms in total. The molecule has 1 saturated carbocycles. The Hall–Kier alpha value is -1.88. The summed E-state index contributed by atoms with van der Waals surface area (Å²) in [5.74, 6) is 1.69. The van der Waals surface area contributed by atoms with Crippen LogP contribution in [-0.4, -0.2) is 20.8 Å². The predicted molar refractivity (Wildman–Crippen MR) is 71.6 cm³/mol. The zero-order chi connectivity index (χ0) is 13.1. The maximum absolute atomic E-state index is 5.74. The monoisotopic (exact) mass is 258 g/mol. The van der Waals surface area contributed by atoms with E-state index in [1.165, 1.54) is 18.4 Å². The van der Waals surface area contributed by atoms with E-state index < -0.39 is 0 Å².